The quantitative estimate of drug-likeness (QED) is 0.811. The Morgan fingerprint density at radius 2 is 2.00 bits per heavy atom. The van der Waals surface area contributed by atoms with Gasteiger partial charge in [0.1, 0.15) is 11.5 Å². The van der Waals surface area contributed by atoms with E-state index in [1.807, 2.05) is 19.2 Å². The molecule has 1 saturated carbocycles. The molecule has 0 amide bonds. The Hall–Kier alpha value is -1.26. The van der Waals surface area contributed by atoms with Crippen LogP contribution in [0.5, 0.6) is 11.5 Å². The Balaban J connectivity index is 1.92. The van der Waals surface area contributed by atoms with Gasteiger partial charge in [-0.15, -0.1) is 0 Å². The minimum Gasteiger partial charge on any atom is -0.507 e. The van der Waals surface area contributed by atoms with E-state index in [1.165, 1.54) is 0 Å². The molecule has 0 aromatic heterocycles. The fraction of sp³-hybridized carbons (Fsp3) is 0.647. The molecule has 118 valence electrons. The lowest BCUT2D eigenvalue weighted by molar-refractivity contribution is 0.0143. The van der Waals surface area contributed by atoms with Gasteiger partial charge in [-0.3, -0.25) is 4.90 Å². The van der Waals surface area contributed by atoms with E-state index in [9.17, 15) is 10.2 Å². The van der Waals surface area contributed by atoms with Crippen LogP contribution < -0.4 is 4.74 Å². The minimum atomic E-state index is -0.547. The van der Waals surface area contributed by atoms with Gasteiger partial charge in [-0.25, -0.2) is 0 Å². The van der Waals surface area contributed by atoms with Crippen molar-refractivity contribution in [1.29, 1.82) is 0 Å². The highest BCUT2D eigenvalue weighted by molar-refractivity contribution is 5.39. The molecule has 0 spiro atoms. The Kier molecular flexibility index (Phi) is 5.48. The van der Waals surface area contributed by atoms with Gasteiger partial charge >= 0.3 is 0 Å². The molecule has 1 aromatic rings. The highest BCUT2D eigenvalue weighted by Gasteiger charge is 2.32. The monoisotopic (exact) mass is 293 g/mol. The first-order valence-electron chi connectivity index (χ1n) is 7.88. The summed E-state index contributed by atoms with van der Waals surface area (Å²) in [6.45, 7) is 3.99. The first-order chi connectivity index (χ1) is 10.0. The number of ether oxygens (including phenoxy) is 1. The van der Waals surface area contributed by atoms with Gasteiger partial charge < -0.3 is 14.9 Å². The number of nitrogens with zero attached hydrogens (tertiary/aromatic N) is 1. The summed E-state index contributed by atoms with van der Waals surface area (Å²) in [7, 11) is 1.98. The molecule has 0 unspecified atom stereocenters. The van der Waals surface area contributed by atoms with Crippen molar-refractivity contribution in [1.82, 2.24) is 4.90 Å². The van der Waals surface area contributed by atoms with E-state index in [4.69, 9.17) is 4.74 Å². The van der Waals surface area contributed by atoms with Gasteiger partial charge in [0.05, 0.1) is 12.2 Å². The largest absolute Gasteiger partial charge is 0.507 e. The summed E-state index contributed by atoms with van der Waals surface area (Å²) in [6.07, 6.45) is 4.93. The molecule has 4 heteroatoms. The van der Waals surface area contributed by atoms with E-state index in [1.54, 1.807) is 6.07 Å². The van der Waals surface area contributed by atoms with Crippen LogP contribution in [0.4, 0.5) is 0 Å². The van der Waals surface area contributed by atoms with E-state index in [2.05, 4.69) is 11.8 Å². The zero-order valence-electron chi connectivity index (χ0n) is 13.1. The Morgan fingerprint density at radius 3 is 2.62 bits per heavy atom. The molecule has 21 heavy (non-hydrogen) atoms. The number of likely N-dealkylation sites (N-methyl/N-ethyl adjacent to an activating group) is 1. The number of aromatic hydroxyl groups is 1. The number of aliphatic hydroxyl groups is 1. The molecule has 4 nitrogen and oxygen atoms in total. The van der Waals surface area contributed by atoms with Gasteiger partial charge in [0, 0.05) is 24.7 Å². The number of benzene rings is 1. The predicted octanol–water partition coefficient (Wildman–Crippen LogP) is 2.92. The SMILES string of the molecule is CCCOc1ccc(CN(C)CC2(O)CCCC2)c(O)c1. The zero-order valence-corrected chi connectivity index (χ0v) is 13.1. The maximum Gasteiger partial charge on any atom is 0.123 e. The Morgan fingerprint density at radius 1 is 1.29 bits per heavy atom. The lowest BCUT2D eigenvalue weighted by Crippen LogP contribution is -2.38. The minimum absolute atomic E-state index is 0.258. The molecular weight excluding hydrogens is 266 g/mol. The van der Waals surface area contributed by atoms with Crippen LogP contribution in [0.25, 0.3) is 0 Å². The van der Waals surface area contributed by atoms with Crippen molar-refractivity contribution in [3.63, 3.8) is 0 Å². The maximum atomic E-state index is 10.4. The van der Waals surface area contributed by atoms with Crippen LogP contribution in [0.2, 0.25) is 0 Å². The highest BCUT2D eigenvalue weighted by atomic mass is 16.5. The van der Waals surface area contributed by atoms with Crippen LogP contribution in [0, 0.1) is 0 Å². The van der Waals surface area contributed by atoms with E-state index in [0.717, 1.165) is 37.7 Å². The summed E-state index contributed by atoms with van der Waals surface area (Å²) in [6, 6.07) is 5.46. The second kappa shape index (κ2) is 7.14. The molecular formula is C17H27NO3. The van der Waals surface area contributed by atoms with Crippen LogP contribution >= 0.6 is 0 Å². The molecule has 0 bridgehead atoms. The summed E-state index contributed by atoms with van der Waals surface area (Å²) in [5.74, 6) is 0.962. The summed E-state index contributed by atoms with van der Waals surface area (Å²) < 4.78 is 5.51. The van der Waals surface area contributed by atoms with E-state index >= 15 is 0 Å². The molecule has 0 saturated heterocycles. The molecule has 0 atom stereocenters. The Bertz CT molecular complexity index is 455. The van der Waals surface area contributed by atoms with Gasteiger partial charge in [0.2, 0.25) is 0 Å². The predicted molar refractivity (Wildman–Crippen MR) is 83.6 cm³/mol. The standard InChI is InChI=1S/C17H27NO3/c1-3-10-21-15-7-6-14(16(19)11-15)12-18(2)13-17(20)8-4-5-9-17/h6-7,11,19-20H,3-5,8-10,12-13H2,1-2H3. The second-order valence-corrected chi connectivity index (χ2v) is 6.24. The van der Waals surface area contributed by atoms with E-state index in [-0.39, 0.29) is 5.75 Å². The molecule has 0 radical (unpaired) electrons. The summed E-state index contributed by atoms with van der Waals surface area (Å²) in [4.78, 5) is 2.08. The average molecular weight is 293 g/mol. The summed E-state index contributed by atoms with van der Waals surface area (Å²) >= 11 is 0. The Labute approximate surface area is 127 Å². The first-order valence-corrected chi connectivity index (χ1v) is 7.88. The molecule has 1 aliphatic rings. The highest BCUT2D eigenvalue weighted by Crippen LogP contribution is 2.31. The number of hydrogen-bond donors (Lipinski definition) is 2. The summed E-state index contributed by atoms with van der Waals surface area (Å²) in [5, 5.41) is 20.5. The van der Waals surface area contributed by atoms with E-state index in [0.29, 0.717) is 25.4 Å². The molecule has 1 fully saturated rings. The second-order valence-electron chi connectivity index (χ2n) is 6.24. The molecule has 0 heterocycles. The number of rotatable bonds is 7. The lowest BCUT2D eigenvalue weighted by atomic mass is 10.0. The van der Waals surface area contributed by atoms with Gasteiger partial charge in [0.15, 0.2) is 0 Å². The zero-order chi connectivity index (χ0) is 15.3. The van der Waals surface area contributed by atoms with Crippen molar-refractivity contribution in [2.45, 2.75) is 51.2 Å². The third-order valence-corrected chi connectivity index (χ3v) is 4.07. The van der Waals surface area contributed by atoms with Crippen molar-refractivity contribution in [3.05, 3.63) is 23.8 Å². The fourth-order valence-corrected chi connectivity index (χ4v) is 3.03. The number of hydrogen-bond acceptors (Lipinski definition) is 4. The first kappa shape index (κ1) is 16.1. The summed E-state index contributed by atoms with van der Waals surface area (Å²) in [5.41, 5.74) is 0.317. The number of phenols is 1. The maximum absolute atomic E-state index is 10.4. The molecule has 1 aliphatic carbocycles. The molecule has 1 aromatic carbocycles. The molecule has 2 rings (SSSR count). The smallest absolute Gasteiger partial charge is 0.123 e. The van der Waals surface area contributed by atoms with Crippen LogP contribution in [0.15, 0.2) is 18.2 Å². The van der Waals surface area contributed by atoms with Crippen LogP contribution in [-0.4, -0.2) is 40.9 Å². The van der Waals surface area contributed by atoms with Gasteiger partial charge in [-0.05, 0) is 32.4 Å². The van der Waals surface area contributed by atoms with Crippen molar-refractivity contribution in [2.24, 2.45) is 0 Å². The lowest BCUT2D eigenvalue weighted by Gasteiger charge is -2.28. The third-order valence-electron chi connectivity index (χ3n) is 4.07. The van der Waals surface area contributed by atoms with Crippen LogP contribution in [0.1, 0.15) is 44.6 Å². The third kappa shape index (κ3) is 4.61. The van der Waals surface area contributed by atoms with Crippen LogP contribution in [0.3, 0.4) is 0 Å². The van der Waals surface area contributed by atoms with Gasteiger partial charge in [0.25, 0.3) is 0 Å². The van der Waals surface area contributed by atoms with Crippen LogP contribution in [-0.2, 0) is 6.54 Å². The molecule has 2 N–H and O–H groups in total. The van der Waals surface area contributed by atoms with Crippen molar-refractivity contribution < 1.29 is 14.9 Å². The topological polar surface area (TPSA) is 52.9 Å². The van der Waals surface area contributed by atoms with Crippen molar-refractivity contribution >= 4 is 0 Å². The average Bonchev–Trinajstić information content (AvgIpc) is 2.85. The van der Waals surface area contributed by atoms with Crippen molar-refractivity contribution in [2.75, 3.05) is 20.2 Å². The fourth-order valence-electron chi connectivity index (χ4n) is 3.03. The van der Waals surface area contributed by atoms with Gasteiger partial charge in [-0.2, -0.15) is 0 Å². The van der Waals surface area contributed by atoms with E-state index < -0.39 is 5.60 Å². The normalized spacial score (nSPS) is 17.3. The number of phenolic OH excluding ortho intramolecular Hbond substituents is 1. The van der Waals surface area contributed by atoms with Crippen molar-refractivity contribution in [3.8, 4) is 11.5 Å². The van der Waals surface area contributed by atoms with Gasteiger partial charge in [-0.1, -0.05) is 25.8 Å². The molecule has 0 aliphatic heterocycles.